The van der Waals surface area contributed by atoms with Gasteiger partial charge in [-0.2, -0.15) is 17.5 Å². The highest BCUT2D eigenvalue weighted by Gasteiger charge is 2.33. The smallest absolute Gasteiger partial charge is 0.208 e. The van der Waals surface area contributed by atoms with Crippen LogP contribution in [0, 0.1) is 6.92 Å². The van der Waals surface area contributed by atoms with E-state index < -0.39 is 21.8 Å². The average molecular weight is 369 g/mol. The van der Waals surface area contributed by atoms with Crippen LogP contribution in [0.3, 0.4) is 0 Å². The summed E-state index contributed by atoms with van der Waals surface area (Å²) in [5, 5.41) is 0.994. The van der Waals surface area contributed by atoms with Crippen molar-refractivity contribution in [2.75, 3.05) is 7.05 Å². The second-order valence-electron chi connectivity index (χ2n) is 5.67. The first-order valence-electron chi connectivity index (χ1n) is 7.46. The number of aryl methyl sites for hydroxylation is 1. The van der Waals surface area contributed by atoms with Crippen LogP contribution in [0.15, 0.2) is 53.9 Å². The van der Waals surface area contributed by atoms with E-state index in [1.807, 2.05) is 19.1 Å². The van der Waals surface area contributed by atoms with E-state index in [0.717, 1.165) is 21.3 Å². The predicted molar refractivity (Wildman–Crippen MR) is 92.0 cm³/mol. The molecule has 3 nitrogen and oxygen atoms in total. The van der Waals surface area contributed by atoms with Crippen molar-refractivity contribution in [1.82, 2.24) is 4.31 Å². The maximum absolute atomic E-state index is 13.0. The zero-order chi connectivity index (χ0) is 18.7. The van der Waals surface area contributed by atoms with Gasteiger partial charge in [-0.3, -0.25) is 0 Å². The van der Waals surface area contributed by atoms with Gasteiger partial charge in [-0.1, -0.05) is 48.0 Å². The molecule has 0 amide bonds. The quantitative estimate of drug-likeness (QED) is 0.781. The fourth-order valence-electron chi connectivity index (χ4n) is 2.21. The standard InChI is InChI=1S/C18H18F3NO2S/c1-14-7-9-15(10-8-14)11-12-25(23,24)22(2)13-16-5-3-4-6-17(16)18(19,20)21/h3-12H,13H2,1-2H3. The summed E-state index contributed by atoms with van der Waals surface area (Å²) < 4.78 is 64.5. The molecule has 0 N–H and O–H groups in total. The largest absolute Gasteiger partial charge is 0.416 e. The number of rotatable bonds is 5. The average Bonchev–Trinajstić information content (AvgIpc) is 2.54. The third-order valence-corrected chi connectivity index (χ3v) is 5.14. The Bertz CT molecular complexity index is 857. The lowest BCUT2D eigenvalue weighted by atomic mass is 10.1. The Labute approximate surface area is 145 Å². The van der Waals surface area contributed by atoms with Gasteiger partial charge in [0, 0.05) is 19.0 Å². The van der Waals surface area contributed by atoms with Crippen molar-refractivity contribution in [3.63, 3.8) is 0 Å². The van der Waals surface area contributed by atoms with Crippen LogP contribution in [-0.2, 0) is 22.7 Å². The molecule has 2 rings (SSSR count). The van der Waals surface area contributed by atoms with Crippen LogP contribution >= 0.6 is 0 Å². The summed E-state index contributed by atoms with van der Waals surface area (Å²) in [6.45, 7) is 1.55. The van der Waals surface area contributed by atoms with Gasteiger partial charge in [0.2, 0.25) is 10.0 Å². The van der Waals surface area contributed by atoms with E-state index in [9.17, 15) is 21.6 Å². The molecule has 0 aliphatic rings. The number of nitrogens with zero attached hydrogens (tertiary/aromatic N) is 1. The summed E-state index contributed by atoms with van der Waals surface area (Å²) in [6, 6.07) is 12.2. The normalized spacial score (nSPS) is 12.9. The Kier molecular flexibility index (Phi) is 5.69. The van der Waals surface area contributed by atoms with E-state index in [4.69, 9.17) is 0 Å². The predicted octanol–water partition coefficient (Wildman–Crippen LogP) is 4.45. The topological polar surface area (TPSA) is 37.4 Å². The van der Waals surface area contributed by atoms with Gasteiger partial charge < -0.3 is 0 Å². The molecule has 0 aliphatic carbocycles. The molecular formula is C18H18F3NO2S. The van der Waals surface area contributed by atoms with Gasteiger partial charge in [0.25, 0.3) is 0 Å². The SMILES string of the molecule is Cc1ccc(C=CS(=O)(=O)N(C)Cc2ccccc2C(F)(F)F)cc1. The minimum absolute atomic E-state index is 0.0928. The lowest BCUT2D eigenvalue weighted by Crippen LogP contribution is -2.25. The van der Waals surface area contributed by atoms with Gasteiger partial charge in [0.15, 0.2) is 0 Å². The van der Waals surface area contributed by atoms with E-state index in [2.05, 4.69) is 0 Å². The molecule has 0 aromatic heterocycles. The summed E-state index contributed by atoms with van der Waals surface area (Å²) in [6.07, 6.45) is -3.11. The minimum Gasteiger partial charge on any atom is -0.208 e. The number of sulfonamides is 1. The van der Waals surface area contributed by atoms with Gasteiger partial charge in [-0.05, 0) is 30.2 Å². The van der Waals surface area contributed by atoms with Crippen LogP contribution in [0.1, 0.15) is 22.3 Å². The molecule has 0 heterocycles. The maximum atomic E-state index is 13.0. The Morgan fingerprint density at radius 3 is 2.24 bits per heavy atom. The molecule has 0 spiro atoms. The number of hydrogen-bond acceptors (Lipinski definition) is 2. The van der Waals surface area contributed by atoms with Crippen molar-refractivity contribution in [3.05, 3.63) is 76.2 Å². The highest BCUT2D eigenvalue weighted by atomic mass is 32.2. The van der Waals surface area contributed by atoms with Crippen molar-refractivity contribution in [3.8, 4) is 0 Å². The van der Waals surface area contributed by atoms with Crippen LogP contribution in [0.25, 0.3) is 6.08 Å². The molecule has 0 aliphatic heterocycles. The zero-order valence-corrected chi connectivity index (χ0v) is 14.6. The van der Waals surface area contributed by atoms with E-state index in [1.54, 1.807) is 12.1 Å². The first-order chi connectivity index (χ1) is 11.6. The Morgan fingerprint density at radius 2 is 1.64 bits per heavy atom. The first-order valence-corrected chi connectivity index (χ1v) is 8.96. The molecule has 0 unspecified atom stereocenters. The van der Waals surface area contributed by atoms with Crippen molar-refractivity contribution < 1.29 is 21.6 Å². The molecule has 7 heteroatoms. The molecule has 0 bridgehead atoms. The molecule has 0 fully saturated rings. The van der Waals surface area contributed by atoms with E-state index in [-0.39, 0.29) is 12.1 Å². The monoisotopic (exact) mass is 369 g/mol. The van der Waals surface area contributed by atoms with Crippen molar-refractivity contribution in [2.24, 2.45) is 0 Å². The second kappa shape index (κ2) is 7.41. The fourth-order valence-corrected chi connectivity index (χ4v) is 3.07. The Morgan fingerprint density at radius 1 is 1.04 bits per heavy atom. The minimum atomic E-state index is -4.53. The third-order valence-electron chi connectivity index (χ3n) is 3.66. The van der Waals surface area contributed by atoms with Gasteiger partial charge in [-0.25, -0.2) is 8.42 Å². The zero-order valence-electron chi connectivity index (χ0n) is 13.8. The molecular weight excluding hydrogens is 351 g/mol. The summed E-state index contributed by atoms with van der Waals surface area (Å²) in [5.41, 5.74) is 0.809. The van der Waals surface area contributed by atoms with Crippen molar-refractivity contribution >= 4 is 16.1 Å². The molecule has 2 aromatic rings. The Balaban J connectivity index is 2.20. The highest BCUT2D eigenvalue weighted by Crippen LogP contribution is 2.32. The van der Waals surface area contributed by atoms with Gasteiger partial charge in [0.05, 0.1) is 5.56 Å². The lowest BCUT2D eigenvalue weighted by molar-refractivity contribution is -0.138. The Hall–Kier alpha value is -2.12. The van der Waals surface area contributed by atoms with Gasteiger partial charge in [0.1, 0.15) is 0 Å². The lowest BCUT2D eigenvalue weighted by Gasteiger charge is -2.18. The summed E-state index contributed by atoms with van der Waals surface area (Å²) in [5.74, 6) is 0. The summed E-state index contributed by atoms with van der Waals surface area (Å²) in [4.78, 5) is 0. The first kappa shape index (κ1) is 19.2. The number of benzene rings is 2. The maximum Gasteiger partial charge on any atom is 0.416 e. The van der Waals surface area contributed by atoms with Crippen LogP contribution in [-0.4, -0.2) is 19.8 Å². The molecule has 0 saturated carbocycles. The number of hydrogen-bond donors (Lipinski definition) is 0. The molecule has 25 heavy (non-hydrogen) atoms. The summed E-state index contributed by atoms with van der Waals surface area (Å²) >= 11 is 0. The van der Waals surface area contributed by atoms with Crippen molar-refractivity contribution in [2.45, 2.75) is 19.6 Å². The van der Waals surface area contributed by atoms with E-state index in [0.29, 0.717) is 5.56 Å². The molecule has 134 valence electrons. The van der Waals surface area contributed by atoms with Crippen molar-refractivity contribution in [1.29, 1.82) is 0 Å². The van der Waals surface area contributed by atoms with Crippen LogP contribution < -0.4 is 0 Å². The van der Waals surface area contributed by atoms with Gasteiger partial charge >= 0.3 is 6.18 Å². The molecule has 0 radical (unpaired) electrons. The fraction of sp³-hybridized carbons (Fsp3) is 0.222. The van der Waals surface area contributed by atoms with Crippen LogP contribution in [0.4, 0.5) is 13.2 Å². The number of halogens is 3. The van der Waals surface area contributed by atoms with Crippen LogP contribution in [0.2, 0.25) is 0 Å². The van der Waals surface area contributed by atoms with E-state index in [1.165, 1.54) is 31.3 Å². The van der Waals surface area contributed by atoms with E-state index >= 15 is 0 Å². The second-order valence-corrected chi connectivity index (χ2v) is 7.59. The summed E-state index contributed by atoms with van der Waals surface area (Å²) in [7, 11) is -2.59. The van der Waals surface area contributed by atoms with Gasteiger partial charge in [-0.15, -0.1) is 0 Å². The molecule has 0 saturated heterocycles. The number of alkyl halides is 3. The third kappa shape index (κ3) is 5.17. The molecule has 0 atom stereocenters. The highest BCUT2D eigenvalue weighted by molar-refractivity contribution is 7.92. The molecule has 2 aromatic carbocycles. The van der Waals surface area contributed by atoms with Crippen LogP contribution in [0.5, 0.6) is 0 Å².